The molecule has 0 spiro atoms. The van der Waals surface area contributed by atoms with E-state index < -0.39 is 17.7 Å². The zero-order chi connectivity index (χ0) is 24.5. The van der Waals surface area contributed by atoms with E-state index in [9.17, 15) is 14.7 Å². The molecule has 1 unspecified atom stereocenters. The molecule has 5 rings (SSSR count). The number of likely N-dealkylation sites (tertiary alicyclic amines) is 1. The molecule has 1 amide bonds. The average molecular weight is 467 g/mol. The number of hydrogen-bond donors (Lipinski definition) is 2. The van der Waals surface area contributed by atoms with E-state index in [0.29, 0.717) is 24.3 Å². The summed E-state index contributed by atoms with van der Waals surface area (Å²) in [5, 5.41) is 12.3. The van der Waals surface area contributed by atoms with E-state index >= 15 is 0 Å². The van der Waals surface area contributed by atoms with Gasteiger partial charge in [0.15, 0.2) is 0 Å². The number of ether oxygens (including phenoxy) is 1. The molecule has 0 radical (unpaired) electrons. The van der Waals surface area contributed by atoms with Gasteiger partial charge in [-0.25, -0.2) is 0 Å². The van der Waals surface area contributed by atoms with Gasteiger partial charge in [0, 0.05) is 29.2 Å². The lowest BCUT2D eigenvalue weighted by Gasteiger charge is -2.25. The molecule has 0 saturated carbocycles. The van der Waals surface area contributed by atoms with E-state index in [4.69, 9.17) is 4.74 Å². The van der Waals surface area contributed by atoms with E-state index in [1.54, 1.807) is 36.3 Å². The van der Waals surface area contributed by atoms with Crippen molar-refractivity contribution >= 4 is 28.4 Å². The van der Waals surface area contributed by atoms with Crippen LogP contribution in [0.3, 0.4) is 0 Å². The molecule has 1 atom stereocenters. The Morgan fingerprint density at radius 2 is 1.71 bits per heavy atom. The van der Waals surface area contributed by atoms with Crippen LogP contribution in [0.25, 0.3) is 16.7 Å². The Morgan fingerprint density at radius 3 is 2.43 bits per heavy atom. The highest BCUT2D eigenvalue weighted by Gasteiger charge is 2.45. The molecular formula is C29H26N2O4. The van der Waals surface area contributed by atoms with Crippen LogP contribution in [0.2, 0.25) is 0 Å². The fourth-order valence-corrected chi connectivity index (χ4v) is 4.69. The number of aromatic nitrogens is 1. The van der Waals surface area contributed by atoms with Gasteiger partial charge in [0.05, 0.1) is 18.7 Å². The number of fused-ring (bicyclic) bond motifs is 1. The highest BCUT2D eigenvalue weighted by Crippen LogP contribution is 2.40. The molecule has 1 fully saturated rings. The number of amides is 1. The second-order valence-corrected chi connectivity index (χ2v) is 8.74. The van der Waals surface area contributed by atoms with Gasteiger partial charge in [-0.05, 0) is 54.8 Å². The maximum atomic E-state index is 13.2. The predicted molar refractivity (Wildman–Crippen MR) is 135 cm³/mol. The van der Waals surface area contributed by atoms with Gasteiger partial charge >= 0.3 is 0 Å². The van der Waals surface area contributed by atoms with Gasteiger partial charge in [0.25, 0.3) is 11.7 Å². The molecule has 176 valence electrons. The molecule has 1 aliphatic heterocycles. The predicted octanol–water partition coefficient (Wildman–Crippen LogP) is 5.15. The molecule has 3 aromatic carbocycles. The van der Waals surface area contributed by atoms with Gasteiger partial charge in [-0.2, -0.15) is 0 Å². The minimum Gasteiger partial charge on any atom is -0.507 e. The number of aromatic amines is 1. The van der Waals surface area contributed by atoms with Crippen molar-refractivity contribution in [3.05, 3.63) is 107 Å². The van der Waals surface area contributed by atoms with Crippen LogP contribution in [0.4, 0.5) is 0 Å². The third kappa shape index (κ3) is 4.08. The van der Waals surface area contributed by atoms with Crippen LogP contribution in [0.15, 0.2) is 84.6 Å². The lowest BCUT2D eigenvalue weighted by atomic mass is 9.94. The Morgan fingerprint density at radius 1 is 1.00 bits per heavy atom. The topological polar surface area (TPSA) is 82.6 Å². The highest BCUT2D eigenvalue weighted by atomic mass is 16.5. The van der Waals surface area contributed by atoms with Crippen LogP contribution in [-0.2, 0) is 16.0 Å². The molecule has 1 aromatic heterocycles. The number of hydrogen-bond acceptors (Lipinski definition) is 4. The number of H-pyrrole nitrogens is 1. The number of carbonyl (C=O) groups is 2. The number of carbonyl (C=O) groups excluding carboxylic acids is 2. The Bertz CT molecular complexity index is 1430. The van der Waals surface area contributed by atoms with Gasteiger partial charge in [-0.15, -0.1) is 0 Å². The monoisotopic (exact) mass is 466 g/mol. The Labute approximate surface area is 203 Å². The van der Waals surface area contributed by atoms with E-state index in [-0.39, 0.29) is 11.3 Å². The molecule has 6 heteroatoms. The van der Waals surface area contributed by atoms with Crippen LogP contribution < -0.4 is 4.74 Å². The first-order valence-electron chi connectivity index (χ1n) is 11.5. The number of nitrogens with zero attached hydrogens (tertiary/aromatic N) is 1. The number of aliphatic hydroxyl groups excluding tert-OH is 1. The van der Waals surface area contributed by atoms with Gasteiger partial charge in [0.2, 0.25) is 0 Å². The van der Waals surface area contributed by atoms with Crippen molar-refractivity contribution in [2.45, 2.75) is 19.4 Å². The zero-order valence-corrected chi connectivity index (χ0v) is 19.6. The number of Topliss-reactive ketones (excluding diaryl/α,β-unsaturated/α-hetero) is 1. The SMILES string of the molecule is COc1ccc(C(O)=C2C(=O)C(=O)N(CCc3c[nH]c4ccccc34)C2c2ccc(C)cc2)cc1. The molecule has 1 saturated heterocycles. The number of aryl methyl sites for hydroxylation is 1. The molecule has 35 heavy (non-hydrogen) atoms. The average Bonchev–Trinajstić information content (AvgIpc) is 3.41. The molecule has 2 N–H and O–H groups in total. The molecule has 0 bridgehead atoms. The minimum atomic E-state index is -0.678. The summed E-state index contributed by atoms with van der Waals surface area (Å²) in [6.45, 7) is 2.32. The Hall–Kier alpha value is -4.32. The fourth-order valence-electron chi connectivity index (χ4n) is 4.69. The molecule has 2 heterocycles. The lowest BCUT2D eigenvalue weighted by Crippen LogP contribution is -2.31. The van der Waals surface area contributed by atoms with Crippen molar-refractivity contribution in [2.24, 2.45) is 0 Å². The summed E-state index contributed by atoms with van der Waals surface area (Å²) >= 11 is 0. The second kappa shape index (κ2) is 9.14. The third-order valence-corrected chi connectivity index (χ3v) is 6.59. The molecule has 1 aliphatic rings. The number of aliphatic hydroxyl groups is 1. The molecule has 0 aliphatic carbocycles. The zero-order valence-electron chi connectivity index (χ0n) is 19.6. The number of ketones is 1. The Balaban J connectivity index is 1.55. The van der Waals surface area contributed by atoms with Crippen molar-refractivity contribution in [2.75, 3.05) is 13.7 Å². The summed E-state index contributed by atoms with van der Waals surface area (Å²) in [7, 11) is 1.56. The van der Waals surface area contributed by atoms with Crippen LogP contribution in [0, 0.1) is 6.92 Å². The Kier molecular flexibility index (Phi) is 5.87. The van der Waals surface area contributed by atoms with Gasteiger partial charge in [-0.3, -0.25) is 9.59 Å². The molecular weight excluding hydrogens is 440 g/mol. The summed E-state index contributed by atoms with van der Waals surface area (Å²) in [4.78, 5) is 31.3. The van der Waals surface area contributed by atoms with E-state index in [2.05, 4.69) is 4.98 Å². The van der Waals surface area contributed by atoms with Crippen molar-refractivity contribution in [3.63, 3.8) is 0 Å². The maximum absolute atomic E-state index is 13.2. The number of nitrogens with one attached hydrogen (secondary N) is 1. The number of methoxy groups -OCH3 is 1. The minimum absolute atomic E-state index is 0.1000. The van der Waals surface area contributed by atoms with E-state index in [1.807, 2.05) is 61.7 Å². The first kappa shape index (κ1) is 22.5. The smallest absolute Gasteiger partial charge is 0.295 e. The summed E-state index contributed by atoms with van der Waals surface area (Å²) in [6.07, 6.45) is 2.52. The van der Waals surface area contributed by atoms with E-state index in [0.717, 1.165) is 27.6 Å². The standard InChI is InChI=1S/C29H26N2O4/c1-18-7-9-19(10-8-18)26-25(27(32)20-11-13-22(35-2)14-12-20)28(33)29(34)31(26)16-15-21-17-30-24-6-4-3-5-23(21)24/h3-14,17,26,30,32H,15-16H2,1-2H3. The van der Waals surface area contributed by atoms with Gasteiger partial charge < -0.3 is 19.7 Å². The van der Waals surface area contributed by atoms with Crippen molar-refractivity contribution in [1.29, 1.82) is 0 Å². The van der Waals surface area contributed by atoms with Gasteiger partial charge in [-0.1, -0.05) is 48.0 Å². The first-order chi connectivity index (χ1) is 17.0. The normalized spacial score (nSPS) is 17.3. The van der Waals surface area contributed by atoms with Crippen LogP contribution in [0.1, 0.15) is 28.3 Å². The number of benzene rings is 3. The van der Waals surface area contributed by atoms with Crippen LogP contribution >= 0.6 is 0 Å². The summed E-state index contributed by atoms with van der Waals surface area (Å²) in [6, 6.07) is 21.8. The summed E-state index contributed by atoms with van der Waals surface area (Å²) in [5.74, 6) is -0.838. The van der Waals surface area contributed by atoms with Crippen molar-refractivity contribution < 1.29 is 19.4 Å². The van der Waals surface area contributed by atoms with E-state index in [1.165, 1.54) is 0 Å². The van der Waals surface area contributed by atoms with Crippen molar-refractivity contribution in [1.82, 2.24) is 9.88 Å². The fraction of sp³-hybridized carbons (Fsp3) is 0.172. The maximum Gasteiger partial charge on any atom is 0.295 e. The summed E-state index contributed by atoms with van der Waals surface area (Å²) in [5.41, 5.74) is 4.50. The number of rotatable bonds is 6. The third-order valence-electron chi connectivity index (χ3n) is 6.59. The quantitative estimate of drug-likeness (QED) is 0.234. The largest absolute Gasteiger partial charge is 0.507 e. The van der Waals surface area contributed by atoms with Crippen LogP contribution in [-0.4, -0.2) is 40.3 Å². The lowest BCUT2D eigenvalue weighted by molar-refractivity contribution is -0.139. The number of para-hydroxylation sites is 1. The molecule has 4 aromatic rings. The first-order valence-corrected chi connectivity index (χ1v) is 11.5. The second-order valence-electron chi connectivity index (χ2n) is 8.74. The summed E-state index contributed by atoms with van der Waals surface area (Å²) < 4.78 is 5.20. The van der Waals surface area contributed by atoms with Gasteiger partial charge in [0.1, 0.15) is 11.5 Å². The molecule has 6 nitrogen and oxygen atoms in total. The van der Waals surface area contributed by atoms with Crippen molar-refractivity contribution in [3.8, 4) is 5.75 Å². The highest BCUT2D eigenvalue weighted by molar-refractivity contribution is 6.46. The van der Waals surface area contributed by atoms with Crippen LogP contribution in [0.5, 0.6) is 5.75 Å².